The number of nitrogens with zero attached hydrogens (tertiary/aromatic N) is 3. The van der Waals surface area contributed by atoms with Crippen LogP contribution in [0.15, 0.2) is 12.1 Å². The third kappa shape index (κ3) is 3.74. The van der Waals surface area contributed by atoms with Crippen LogP contribution in [-0.4, -0.2) is 54.5 Å². The maximum Gasteiger partial charge on any atom is 0.233 e. The van der Waals surface area contributed by atoms with Crippen LogP contribution in [0.25, 0.3) is 0 Å². The van der Waals surface area contributed by atoms with Crippen LogP contribution in [0.4, 0.5) is 0 Å². The molecule has 0 spiro atoms. The number of aromatic nitrogens is 2. The second-order valence-electron chi connectivity index (χ2n) is 6.11. The Morgan fingerprint density at radius 3 is 2.43 bits per heavy atom. The van der Waals surface area contributed by atoms with Crippen LogP contribution in [0.2, 0.25) is 0 Å². The number of hydrogen-bond acceptors (Lipinski definition) is 6. The number of sulfonamides is 1. The normalized spacial score (nSPS) is 23.8. The van der Waals surface area contributed by atoms with Gasteiger partial charge in [-0.25, -0.2) is 8.42 Å². The van der Waals surface area contributed by atoms with Crippen molar-refractivity contribution in [2.45, 2.75) is 49.9 Å². The van der Waals surface area contributed by atoms with Crippen molar-refractivity contribution in [3.05, 3.63) is 12.1 Å². The Hall–Kier alpha value is -1.41. The Labute approximate surface area is 137 Å². The van der Waals surface area contributed by atoms with Gasteiger partial charge in [0.1, 0.15) is 6.10 Å². The highest BCUT2D eigenvalue weighted by Crippen LogP contribution is 2.29. The second kappa shape index (κ2) is 7.00. The molecule has 8 heteroatoms. The summed E-state index contributed by atoms with van der Waals surface area (Å²) < 4.78 is 37.7. The zero-order valence-corrected chi connectivity index (χ0v) is 14.2. The standard InChI is InChI=1S/C15H23N3O4S/c1-21-14-7-8-15(17-16-14)22-12-9-10-18(11-12)23(19,20)13-5-3-2-4-6-13/h7-8,12-13H,2-6,9-11H2,1H3/t12-/m1/s1. The van der Waals surface area contributed by atoms with Crippen molar-refractivity contribution < 1.29 is 17.9 Å². The van der Waals surface area contributed by atoms with Gasteiger partial charge in [-0.1, -0.05) is 19.3 Å². The Kier molecular flexibility index (Phi) is 5.01. The van der Waals surface area contributed by atoms with Crippen LogP contribution in [-0.2, 0) is 10.0 Å². The minimum absolute atomic E-state index is 0.170. The molecule has 1 aliphatic carbocycles. The van der Waals surface area contributed by atoms with Crippen molar-refractivity contribution in [1.82, 2.24) is 14.5 Å². The smallest absolute Gasteiger partial charge is 0.233 e. The van der Waals surface area contributed by atoms with E-state index in [2.05, 4.69) is 10.2 Å². The van der Waals surface area contributed by atoms with Crippen LogP contribution in [0.1, 0.15) is 38.5 Å². The summed E-state index contributed by atoms with van der Waals surface area (Å²) in [4.78, 5) is 0. The lowest BCUT2D eigenvalue weighted by Gasteiger charge is -2.26. The molecule has 1 atom stereocenters. The second-order valence-corrected chi connectivity index (χ2v) is 8.32. The van der Waals surface area contributed by atoms with E-state index in [1.54, 1.807) is 16.4 Å². The quantitative estimate of drug-likeness (QED) is 0.809. The molecule has 7 nitrogen and oxygen atoms in total. The maximum atomic E-state index is 12.7. The van der Waals surface area contributed by atoms with Gasteiger partial charge in [-0.2, -0.15) is 4.31 Å². The van der Waals surface area contributed by atoms with E-state index in [9.17, 15) is 8.42 Å². The van der Waals surface area contributed by atoms with Crippen molar-refractivity contribution in [1.29, 1.82) is 0 Å². The molecule has 1 saturated heterocycles. The van der Waals surface area contributed by atoms with Crippen LogP contribution in [0.5, 0.6) is 11.8 Å². The molecule has 2 aliphatic rings. The lowest BCUT2D eigenvalue weighted by atomic mass is 10.0. The molecule has 1 saturated carbocycles. The average Bonchev–Trinajstić information content (AvgIpc) is 3.06. The lowest BCUT2D eigenvalue weighted by Crippen LogP contribution is -2.39. The monoisotopic (exact) mass is 341 g/mol. The summed E-state index contributed by atoms with van der Waals surface area (Å²) in [7, 11) is -1.68. The van der Waals surface area contributed by atoms with E-state index in [0.717, 1.165) is 32.1 Å². The molecule has 0 N–H and O–H groups in total. The summed E-state index contributed by atoms with van der Waals surface area (Å²) in [6, 6.07) is 3.36. The minimum Gasteiger partial charge on any atom is -0.480 e. The fraction of sp³-hybridized carbons (Fsp3) is 0.733. The Balaban J connectivity index is 1.59. The van der Waals surface area contributed by atoms with Gasteiger partial charge in [-0.15, -0.1) is 10.2 Å². The first kappa shape index (κ1) is 16.4. The van der Waals surface area contributed by atoms with E-state index >= 15 is 0 Å². The minimum atomic E-state index is -3.20. The number of hydrogen-bond donors (Lipinski definition) is 0. The zero-order valence-electron chi connectivity index (χ0n) is 13.3. The zero-order chi connectivity index (χ0) is 16.3. The molecule has 2 heterocycles. The first-order chi connectivity index (χ1) is 11.1. The molecule has 1 aromatic heterocycles. The number of ether oxygens (including phenoxy) is 2. The van der Waals surface area contributed by atoms with Gasteiger partial charge in [0.25, 0.3) is 0 Å². The first-order valence-corrected chi connectivity index (χ1v) is 9.63. The lowest BCUT2D eigenvalue weighted by molar-refractivity contribution is 0.203. The van der Waals surface area contributed by atoms with E-state index in [-0.39, 0.29) is 11.4 Å². The van der Waals surface area contributed by atoms with Crippen LogP contribution in [0, 0.1) is 0 Å². The van der Waals surface area contributed by atoms with Crippen molar-refractivity contribution in [2.24, 2.45) is 0 Å². The van der Waals surface area contributed by atoms with E-state index in [4.69, 9.17) is 9.47 Å². The van der Waals surface area contributed by atoms with E-state index in [0.29, 0.717) is 31.3 Å². The highest BCUT2D eigenvalue weighted by atomic mass is 32.2. The molecular formula is C15H23N3O4S. The van der Waals surface area contributed by atoms with E-state index in [1.165, 1.54) is 7.11 Å². The summed E-state index contributed by atoms with van der Waals surface area (Å²) in [6.07, 6.45) is 5.25. The van der Waals surface area contributed by atoms with Gasteiger partial charge in [-0.3, -0.25) is 0 Å². The average molecular weight is 341 g/mol. The van der Waals surface area contributed by atoms with Crippen molar-refractivity contribution in [3.8, 4) is 11.8 Å². The fourth-order valence-electron chi connectivity index (χ4n) is 3.25. The van der Waals surface area contributed by atoms with Gasteiger partial charge in [0.2, 0.25) is 21.8 Å². The van der Waals surface area contributed by atoms with Crippen molar-refractivity contribution >= 4 is 10.0 Å². The maximum absolute atomic E-state index is 12.7. The third-order valence-electron chi connectivity index (χ3n) is 4.55. The predicted octanol–water partition coefficient (Wildman–Crippen LogP) is 1.60. The molecule has 23 heavy (non-hydrogen) atoms. The summed E-state index contributed by atoms with van der Waals surface area (Å²) in [5.41, 5.74) is 0. The molecule has 2 fully saturated rings. The molecule has 0 radical (unpaired) electrons. The first-order valence-electron chi connectivity index (χ1n) is 8.13. The van der Waals surface area contributed by atoms with Gasteiger partial charge >= 0.3 is 0 Å². The molecule has 3 rings (SSSR count). The SMILES string of the molecule is COc1ccc(O[C@@H]2CCN(S(=O)(=O)C3CCCCC3)C2)nn1. The van der Waals surface area contributed by atoms with Crippen LogP contribution >= 0.6 is 0 Å². The molecule has 1 aromatic rings. The predicted molar refractivity (Wildman–Crippen MR) is 85.0 cm³/mol. The highest BCUT2D eigenvalue weighted by molar-refractivity contribution is 7.89. The van der Waals surface area contributed by atoms with Crippen molar-refractivity contribution in [3.63, 3.8) is 0 Å². The summed E-state index contributed by atoms with van der Waals surface area (Å²) >= 11 is 0. The van der Waals surface area contributed by atoms with Gasteiger partial charge in [0.05, 0.1) is 18.9 Å². The molecular weight excluding hydrogens is 318 g/mol. The highest BCUT2D eigenvalue weighted by Gasteiger charge is 2.38. The van der Waals surface area contributed by atoms with Gasteiger partial charge in [-0.05, 0) is 19.3 Å². The van der Waals surface area contributed by atoms with Gasteiger partial charge in [0, 0.05) is 18.7 Å². The Morgan fingerprint density at radius 1 is 1.09 bits per heavy atom. The van der Waals surface area contributed by atoms with E-state index < -0.39 is 10.0 Å². The van der Waals surface area contributed by atoms with Gasteiger partial charge < -0.3 is 9.47 Å². The fourth-order valence-corrected chi connectivity index (χ4v) is 5.33. The Bertz CT molecular complexity index is 614. The third-order valence-corrected chi connectivity index (χ3v) is 6.92. The van der Waals surface area contributed by atoms with Crippen LogP contribution < -0.4 is 9.47 Å². The molecule has 0 unspecified atom stereocenters. The summed E-state index contributed by atoms with van der Waals surface area (Å²) in [5, 5.41) is 7.56. The molecule has 1 aliphatic heterocycles. The van der Waals surface area contributed by atoms with Crippen LogP contribution in [0.3, 0.4) is 0 Å². The molecule has 0 amide bonds. The number of rotatable bonds is 5. The molecule has 0 bridgehead atoms. The van der Waals surface area contributed by atoms with E-state index in [1.807, 2.05) is 0 Å². The summed E-state index contributed by atoms with van der Waals surface area (Å²) in [6.45, 7) is 0.916. The molecule has 128 valence electrons. The molecule has 0 aromatic carbocycles. The van der Waals surface area contributed by atoms with Crippen molar-refractivity contribution in [2.75, 3.05) is 20.2 Å². The topological polar surface area (TPSA) is 81.6 Å². The Morgan fingerprint density at radius 2 is 1.78 bits per heavy atom. The van der Waals surface area contributed by atoms with Gasteiger partial charge in [0.15, 0.2) is 0 Å². The number of methoxy groups -OCH3 is 1. The summed E-state index contributed by atoms with van der Waals surface area (Å²) in [5.74, 6) is 0.818. The largest absolute Gasteiger partial charge is 0.480 e.